The average Bonchev–Trinajstić information content (AvgIpc) is 2.97. The molecule has 0 aromatic carbocycles. The predicted molar refractivity (Wildman–Crippen MR) is 117 cm³/mol. The molecule has 0 heterocycles. The minimum Gasteiger partial charge on any atom is -0.535 e. The molecule has 1 rings (SSSR count). The molecule has 5 nitrogen and oxygen atoms in total. The van der Waals surface area contributed by atoms with E-state index in [0.717, 1.165) is 32.1 Å². The highest BCUT2D eigenvalue weighted by Crippen LogP contribution is 2.36. The summed E-state index contributed by atoms with van der Waals surface area (Å²) in [5.74, 6) is 1.19. The fourth-order valence-electron chi connectivity index (χ4n) is 3.84. The smallest absolute Gasteiger partial charge is 0.330 e. The molecule has 1 fully saturated rings. The van der Waals surface area contributed by atoms with Crippen LogP contribution in [0, 0.1) is 17.8 Å². The summed E-state index contributed by atoms with van der Waals surface area (Å²) in [5.41, 5.74) is 0. The Morgan fingerprint density at radius 2 is 1.93 bits per heavy atom. The lowest BCUT2D eigenvalue weighted by atomic mass is 9.88. The number of hydrogen-bond acceptors (Lipinski definition) is 5. The summed E-state index contributed by atoms with van der Waals surface area (Å²) in [7, 11) is -0.479. The van der Waals surface area contributed by atoms with E-state index < -0.39 is 14.4 Å². The highest BCUT2D eigenvalue weighted by Gasteiger charge is 2.36. The third kappa shape index (κ3) is 8.06. The van der Waals surface area contributed by atoms with Gasteiger partial charge in [-0.25, -0.2) is 9.79 Å². The normalized spacial score (nSPS) is 22.8. The summed E-state index contributed by atoms with van der Waals surface area (Å²) in [6.07, 6.45) is 7.44. The second-order valence-electron chi connectivity index (χ2n) is 9.16. The third-order valence-electron chi connectivity index (χ3n) is 5.63. The maximum Gasteiger partial charge on any atom is 0.330 e. The molecule has 0 aliphatic heterocycles. The van der Waals surface area contributed by atoms with Gasteiger partial charge in [0.1, 0.15) is 5.78 Å². The molecular formula is C22H41NO4Si. The molecule has 4 atom stereocenters. The van der Waals surface area contributed by atoms with E-state index in [-0.39, 0.29) is 23.7 Å². The standard InChI is InChI=1S/C22H41NO4Si/c1-8-10-11-12-18-17(13-14-19(18)24)15-20(27-28(5,6)7)23-21(16(3)9-2)22(25)26-4/h16-18,21H,8-15H2,1-7H3/t16?,17-,18+,21?/m0/s1. The van der Waals surface area contributed by atoms with Gasteiger partial charge in [-0.2, -0.15) is 0 Å². The number of nitrogens with zero attached hydrogens (tertiary/aromatic N) is 1. The number of rotatable bonds is 11. The van der Waals surface area contributed by atoms with Gasteiger partial charge in [-0.15, -0.1) is 0 Å². The number of carbonyl (C=O) groups excluding carboxylic acids is 2. The zero-order valence-corrected chi connectivity index (χ0v) is 20.0. The van der Waals surface area contributed by atoms with E-state index in [9.17, 15) is 9.59 Å². The van der Waals surface area contributed by atoms with Gasteiger partial charge >= 0.3 is 5.97 Å². The predicted octanol–water partition coefficient (Wildman–Crippen LogP) is 5.39. The number of hydrogen-bond donors (Lipinski definition) is 0. The van der Waals surface area contributed by atoms with Crippen molar-refractivity contribution in [1.82, 2.24) is 0 Å². The van der Waals surface area contributed by atoms with Crippen molar-refractivity contribution in [1.29, 1.82) is 0 Å². The van der Waals surface area contributed by atoms with Crippen LogP contribution in [0.5, 0.6) is 0 Å². The Morgan fingerprint density at radius 1 is 1.25 bits per heavy atom. The summed E-state index contributed by atoms with van der Waals surface area (Å²) in [6.45, 7) is 12.6. The zero-order valence-electron chi connectivity index (χ0n) is 19.0. The van der Waals surface area contributed by atoms with E-state index in [4.69, 9.17) is 14.2 Å². The fourth-order valence-corrected chi connectivity index (χ4v) is 4.69. The van der Waals surface area contributed by atoms with Crippen LogP contribution in [0.2, 0.25) is 19.6 Å². The molecule has 0 N–H and O–H groups in total. The molecule has 1 saturated carbocycles. The Balaban J connectivity index is 3.05. The number of ketones is 1. The van der Waals surface area contributed by atoms with E-state index in [2.05, 4.69) is 33.5 Å². The van der Waals surface area contributed by atoms with Crippen LogP contribution >= 0.6 is 0 Å². The molecule has 0 bridgehead atoms. The second kappa shape index (κ2) is 11.7. The van der Waals surface area contributed by atoms with Crippen LogP contribution in [0.4, 0.5) is 0 Å². The van der Waals surface area contributed by atoms with Gasteiger partial charge in [0.2, 0.25) is 8.32 Å². The van der Waals surface area contributed by atoms with Crippen LogP contribution in [0.3, 0.4) is 0 Å². The number of unbranched alkanes of at least 4 members (excludes halogenated alkanes) is 2. The summed E-state index contributed by atoms with van der Waals surface area (Å²) < 4.78 is 11.3. The zero-order chi connectivity index (χ0) is 21.3. The van der Waals surface area contributed by atoms with E-state index >= 15 is 0 Å². The van der Waals surface area contributed by atoms with Crippen molar-refractivity contribution in [2.45, 2.75) is 97.8 Å². The molecule has 1 aliphatic rings. The van der Waals surface area contributed by atoms with Crippen molar-refractivity contribution in [3.63, 3.8) is 0 Å². The first-order chi connectivity index (χ1) is 13.1. The molecule has 0 amide bonds. The van der Waals surface area contributed by atoms with Crippen LogP contribution in [0.25, 0.3) is 0 Å². The minimum atomic E-state index is -1.89. The van der Waals surface area contributed by atoms with Gasteiger partial charge < -0.3 is 9.16 Å². The van der Waals surface area contributed by atoms with Gasteiger partial charge in [-0.3, -0.25) is 4.79 Å². The van der Waals surface area contributed by atoms with E-state index in [1.54, 1.807) is 0 Å². The van der Waals surface area contributed by atoms with Crippen molar-refractivity contribution < 1.29 is 18.8 Å². The molecule has 2 unspecified atom stereocenters. The molecule has 0 saturated heterocycles. The monoisotopic (exact) mass is 411 g/mol. The lowest BCUT2D eigenvalue weighted by Crippen LogP contribution is -2.34. The quantitative estimate of drug-likeness (QED) is 0.150. The number of esters is 1. The van der Waals surface area contributed by atoms with Gasteiger partial charge in [-0.1, -0.05) is 46.5 Å². The lowest BCUT2D eigenvalue weighted by Gasteiger charge is -2.27. The molecule has 28 heavy (non-hydrogen) atoms. The maximum absolute atomic E-state index is 12.4. The Hall–Kier alpha value is -1.17. The van der Waals surface area contributed by atoms with Crippen molar-refractivity contribution in [2.24, 2.45) is 22.7 Å². The van der Waals surface area contributed by atoms with Crippen molar-refractivity contribution in [2.75, 3.05) is 7.11 Å². The fraction of sp³-hybridized carbons (Fsp3) is 0.864. The van der Waals surface area contributed by atoms with E-state index in [1.165, 1.54) is 13.5 Å². The van der Waals surface area contributed by atoms with Crippen molar-refractivity contribution >= 4 is 26.0 Å². The summed E-state index contributed by atoms with van der Waals surface area (Å²) >= 11 is 0. The Morgan fingerprint density at radius 3 is 2.46 bits per heavy atom. The number of aliphatic imine (C=N–C) groups is 1. The lowest BCUT2D eigenvalue weighted by molar-refractivity contribution is -0.143. The first-order valence-electron chi connectivity index (χ1n) is 11.0. The van der Waals surface area contributed by atoms with Gasteiger partial charge in [0.05, 0.1) is 7.11 Å². The molecule has 0 aromatic heterocycles. The largest absolute Gasteiger partial charge is 0.535 e. The molecule has 0 aromatic rings. The topological polar surface area (TPSA) is 65.0 Å². The Labute approximate surface area is 172 Å². The van der Waals surface area contributed by atoms with Crippen molar-refractivity contribution in [3.05, 3.63) is 0 Å². The van der Waals surface area contributed by atoms with E-state index in [1.807, 2.05) is 6.92 Å². The molecule has 1 aliphatic carbocycles. The Kier molecular flexibility index (Phi) is 10.4. The van der Waals surface area contributed by atoms with Crippen LogP contribution in [-0.2, 0) is 18.8 Å². The van der Waals surface area contributed by atoms with Gasteiger partial charge in [0.15, 0.2) is 11.9 Å². The SMILES string of the molecule is CCCCC[C@H]1C(=O)CC[C@H]1CC(=NC(C(=O)OC)C(C)CC)O[Si](C)(C)C. The van der Waals surface area contributed by atoms with Crippen LogP contribution in [-0.4, -0.2) is 39.1 Å². The molecule has 162 valence electrons. The van der Waals surface area contributed by atoms with Crippen LogP contribution < -0.4 is 0 Å². The van der Waals surface area contributed by atoms with Gasteiger partial charge in [0, 0.05) is 18.8 Å². The summed E-state index contributed by atoms with van der Waals surface area (Å²) in [6, 6.07) is -0.544. The van der Waals surface area contributed by atoms with Gasteiger partial charge in [0.25, 0.3) is 0 Å². The first-order valence-corrected chi connectivity index (χ1v) is 14.4. The van der Waals surface area contributed by atoms with E-state index in [0.29, 0.717) is 24.5 Å². The number of Topliss-reactive ketones (excluding diaryl/α,β-unsaturated/α-hetero) is 1. The highest BCUT2D eigenvalue weighted by molar-refractivity contribution is 6.71. The summed E-state index contributed by atoms with van der Waals surface area (Å²) in [4.78, 5) is 29.5. The minimum absolute atomic E-state index is 0.0817. The molecule has 0 radical (unpaired) electrons. The number of ether oxygens (including phenoxy) is 1. The Bertz CT molecular complexity index is 541. The number of carbonyl (C=O) groups is 2. The number of methoxy groups -OCH3 is 1. The third-order valence-corrected chi connectivity index (χ3v) is 6.48. The highest BCUT2D eigenvalue weighted by atomic mass is 28.4. The van der Waals surface area contributed by atoms with Crippen molar-refractivity contribution in [3.8, 4) is 0 Å². The maximum atomic E-state index is 12.4. The average molecular weight is 412 g/mol. The first kappa shape index (κ1) is 24.9. The van der Waals surface area contributed by atoms with Crippen LogP contribution in [0.1, 0.15) is 72.1 Å². The molecular weight excluding hydrogens is 370 g/mol. The second-order valence-corrected chi connectivity index (χ2v) is 13.6. The summed E-state index contributed by atoms with van der Waals surface area (Å²) in [5, 5.41) is 0. The van der Waals surface area contributed by atoms with Crippen LogP contribution in [0.15, 0.2) is 4.99 Å². The van der Waals surface area contributed by atoms with Gasteiger partial charge in [-0.05, 0) is 44.3 Å². The molecule has 6 heteroatoms. The molecule has 0 spiro atoms.